The molecule has 0 radical (unpaired) electrons. The summed E-state index contributed by atoms with van der Waals surface area (Å²) in [7, 11) is 0. The molecule has 84 valence electrons. The quantitative estimate of drug-likeness (QED) is 0.667. The second-order valence-electron chi connectivity index (χ2n) is 3.80. The molecule has 1 aromatic heterocycles. The van der Waals surface area contributed by atoms with Crippen molar-refractivity contribution >= 4 is 11.0 Å². The third kappa shape index (κ3) is 1.50. The minimum atomic E-state index is -0.211. The number of hydrogen-bond donors (Lipinski definition) is 2. The maximum Gasteiger partial charge on any atom is 0.331 e. The van der Waals surface area contributed by atoms with E-state index >= 15 is 0 Å². The van der Waals surface area contributed by atoms with Crippen LogP contribution in [0, 0.1) is 0 Å². The van der Waals surface area contributed by atoms with Crippen molar-refractivity contribution in [3.8, 4) is 11.4 Å². The molecule has 0 bridgehead atoms. The largest absolute Gasteiger partial charge is 0.508 e. The topological polar surface area (TPSA) is 58.0 Å². The van der Waals surface area contributed by atoms with Gasteiger partial charge in [0.2, 0.25) is 0 Å². The van der Waals surface area contributed by atoms with Gasteiger partial charge in [-0.3, -0.25) is 4.57 Å². The van der Waals surface area contributed by atoms with Crippen LogP contribution in [0.1, 0.15) is 0 Å². The zero-order valence-corrected chi connectivity index (χ0v) is 8.92. The highest BCUT2D eigenvalue weighted by Crippen LogP contribution is 2.18. The Hall–Kier alpha value is -2.49. The zero-order valence-electron chi connectivity index (χ0n) is 8.92. The maximum atomic E-state index is 11.9. The van der Waals surface area contributed by atoms with Gasteiger partial charge in [0.05, 0.1) is 16.7 Å². The van der Waals surface area contributed by atoms with Gasteiger partial charge in [0, 0.05) is 6.07 Å². The molecule has 1 heterocycles. The van der Waals surface area contributed by atoms with Crippen molar-refractivity contribution in [2.75, 3.05) is 0 Å². The molecule has 0 saturated carbocycles. The fourth-order valence-electron chi connectivity index (χ4n) is 1.94. The van der Waals surface area contributed by atoms with E-state index in [2.05, 4.69) is 4.98 Å². The van der Waals surface area contributed by atoms with Crippen LogP contribution in [0.4, 0.5) is 0 Å². The normalized spacial score (nSPS) is 10.8. The molecule has 0 spiro atoms. The second kappa shape index (κ2) is 3.52. The molecule has 0 atom stereocenters. The Kier molecular flexibility index (Phi) is 2.01. The van der Waals surface area contributed by atoms with E-state index < -0.39 is 0 Å². The number of aromatic nitrogens is 2. The van der Waals surface area contributed by atoms with E-state index in [1.54, 1.807) is 24.3 Å². The number of fused-ring (bicyclic) bond motifs is 1. The van der Waals surface area contributed by atoms with Gasteiger partial charge < -0.3 is 10.1 Å². The molecule has 0 aliphatic carbocycles. The van der Waals surface area contributed by atoms with E-state index in [0.29, 0.717) is 5.69 Å². The number of imidazole rings is 1. The molecule has 0 aliphatic heterocycles. The van der Waals surface area contributed by atoms with Gasteiger partial charge in [-0.05, 0) is 24.3 Å². The number of phenolic OH excluding ortho intramolecular Hbond substituents is 1. The van der Waals surface area contributed by atoms with Gasteiger partial charge in [0.1, 0.15) is 5.75 Å². The molecular formula is C13H10N2O2. The predicted molar refractivity (Wildman–Crippen MR) is 65.6 cm³/mol. The molecule has 3 aromatic rings. The Morgan fingerprint density at radius 1 is 1.06 bits per heavy atom. The van der Waals surface area contributed by atoms with E-state index in [1.807, 2.05) is 24.3 Å². The fourth-order valence-corrected chi connectivity index (χ4v) is 1.94. The minimum Gasteiger partial charge on any atom is -0.508 e. The lowest BCUT2D eigenvalue weighted by atomic mass is 10.2. The van der Waals surface area contributed by atoms with Crippen molar-refractivity contribution in [1.29, 1.82) is 0 Å². The van der Waals surface area contributed by atoms with Crippen molar-refractivity contribution in [1.82, 2.24) is 9.55 Å². The average molecular weight is 226 g/mol. The van der Waals surface area contributed by atoms with E-state index in [1.165, 1.54) is 4.57 Å². The molecular weight excluding hydrogens is 216 g/mol. The molecule has 0 aliphatic rings. The van der Waals surface area contributed by atoms with Gasteiger partial charge in [0.25, 0.3) is 0 Å². The monoisotopic (exact) mass is 226 g/mol. The number of rotatable bonds is 1. The number of benzene rings is 2. The first-order chi connectivity index (χ1) is 8.25. The SMILES string of the molecule is O=c1[nH]c2ccccc2n1-c1cccc(O)c1. The van der Waals surface area contributed by atoms with Crippen LogP contribution < -0.4 is 5.69 Å². The third-order valence-electron chi connectivity index (χ3n) is 2.68. The number of para-hydroxylation sites is 2. The molecule has 0 fully saturated rings. The lowest BCUT2D eigenvalue weighted by Crippen LogP contribution is -2.14. The minimum absolute atomic E-state index is 0.139. The van der Waals surface area contributed by atoms with Crippen molar-refractivity contribution in [2.24, 2.45) is 0 Å². The molecule has 4 nitrogen and oxygen atoms in total. The number of H-pyrrole nitrogens is 1. The molecule has 2 N–H and O–H groups in total. The summed E-state index contributed by atoms with van der Waals surface area (Å²) in [5, 5.41) is 9.45. The average Bonchev–Trinajstić information content (AvgIpc) is 2.64. The van der Waals surface area contributed by atoms with Crippen LogP contribution in [-0.2, 0) is 0 Å². The Labute approximate surface area is 96.8 Å². The summed E-state index contributed by atoms with van der Waals surface area (Å²) >= 11 is 0. The highest BCUT2D eigenvalue weighted by molar-refractivity contribution is 5.77. The Morgan fingerprint density at radius 2 is 1.88 bits per heavy atom. The first kappa shape index (κ1) is 9.72. The first-order valence-electron chi connectivity index (χ1n) is 5.25. The fraction of sp³-hybridized carbons (Fsp3) is 0. The van der Waals surface area contributed by atoms with Gasteiger partial charge in [-0.25, -0.2) is 4.79 Å². The molecule has 17 heavy (non-hydrogen) atoms. The van der Waals surface area contributed by atoms with Crippen LogP contribution in [0.2, 0.25) is 0 Å². The summed E-state index contributed by atoms with van der Waals surface area (Å²) in [6.07, 6.45) is 0. The first-order valence-corrected chi connectivity index (χ1v) is 5.25. The molecule has 4 heteroatoms. The number of hydrogen-bond acceptors (Lipinski definition) is 2. The number of phenols is 1. The van der Waals surface area contributed by atoms with Crippen molar-refractivity contribution in [3.05, 3.63) is 59.0 Å². The smallest absolute Gasteiger partial charge is 0.331 e. The van der Waals surface area contributed by atoms with Crippen molar-refractivity contribution < 1.29 is 5.11 Å². The summed E-state index contributed by atoms with van der Waals surface area (Å²) < 4.78 is 1.54. The van der Waals surface area contributed by atoms with Crippen molar-refractivity contribution in [2.45, 2.75) is 0 Å². The highest BCUT2D eigenvalue weighted by Gasteiger charge is 2.07. The molecule has 2 aromatic carbocycles. The summed E-state index contributed by atoms with van der Waals surface area (Å²) in [5.74, 6) is 0.139. The van der Waals surface area contributed by atoms with Crippen LogP contribution >= 0.6 is 0 Å². The Morgan fingerprint density at radius 3 is 2.71 bits per heavy atom. The lowest BCUT2D eigenvalue weighted by molar-refractivity contribution is 0.475. The number of aromatic amines is 1. The molecule has 0 saturated heterocycles. The lowest BCUT2D eigenvalue weighted by Gasteiger charge is -2.03. The highest BCUT2D eigenvalue weighted by atomic mass is 16.3. The van der Waals surface area contributed by atoms with Gasteiger partial charge in [-0.1, -0.05) is 18.2 Å². The van der Waals surface area contributed by atoms with E-state index in [9.17, 15) is 9.90 Å². The Balaban J connectivity index is 2.37. The van der Waals surface area contributed by atoms with Crippen LogP contribution in [0.3, 0.4) is 0 Å². The summed E-state index contributed by atoms with van der Waals surface area (Å²) in [6, 6.07) is 14.1. The zero-order chi connectivity index (χ0) is 11.8. The van der Waals surface area contributed by atoms with Crippen LogP contribution in [0.15, 0.2) is 53.3 Å². The maximum absolute atomic E-state index is 11.9. The van der Waals surface area contributed by atoms with Gasteiger partial charge in [-0.15, -0.1) is 0 Å². The molecule has 3 rings (SSSR count). The van der Waals surface area contributed by atoms with Gasteiger partial charge in [-0.2, -0.15) is 0 Å². The van der Waals surface area contributed by atoms with Crippen LogP contribution in [0.5, 0.6) is 5.75 Å². The van der Waals surface area contributed by atoms with Crippen LogP contribution in [-0.4, -0.2) is 14.7 Å². The third-order valence-corrected chi connectivity index (χ3v) is 2.68. The standard InChI is InChI=1S/C13H10N2O2/c16-10-5-3-4-9(8-10)15-12-7-2-1-6-11(12)14-13(15)17/h1-8,16H,(H,14,17). The van der Waals surface area contributed by atoms with Crippen molar-refractivity contribution in [3.63, 3.8) is 0 Å². The number of aromatic hydroxyl groups is 1. The van der Waals surface area contributed by atoms with E-state index in [0.717, 1.165) is 11.0 Å². The van der Waals surface area contributed by atoms with E-state index in [4.69, 9.17) is 0 Å². The van der Waals surface area contributed by atoms with Gasteiger partial charge >= 0.3 is 5.69 Å². The summed E-state index contributed by atoms with van der Waals surface area (Å²) in [5.41, 5.74) is 2.01. The van der Waals surface area contributed by atoms with E-state index in [-0.39, 0.29) is 11.4 Å². The predicted octanol–water partition coefficient (Wildman–Crippen LogP) is 2.02. The summed E-state index contributed by atoms with van der Waals surface area (Å²) in [4.78, 5) is 14.6. The summed E-state index contributed by atoms with van der Waals surface area (Å²) in [6.45, 7) is 0. The number of nitrogens with one attached hydrogen (secondary N) is 1. The van der Waals surface area contributed by atoms with Crippen LogP contribution in [0.25, 0.3) is 16.7 Å². The Bertz CT molecular complexity index is 740. The molecule has 0 amide bonds. The second-order valence-corrected chi connectivity index (χ2v) is 3.80. The van der Waals surface area contributed by atoms with Gasteiger partial charge in [0.15, 0.2) is 0 Å². The number of nitrogens with zero attached hydrogens (tertiary/aromatic N) is 1. The molecule has 0 unspecified atom stereocenters.